The maximum atomic E-state index is 13.2. The normalized spacial score (nSPS) is 15.0. The van der Waals surface area contributed by atoms with E-state index in [0.717, 1.165) is 16.7 Å². The molecule has 5 rings (SSSR count). The van der Waals surface area contributed by atoms with E-state index in [-0.39, 0.29) is 5.78 Å². The number of hydrogen-bond acceptors (Lipinski definition) is 6. The van der Waals surface area contributed by atoms with Crippen LogP contribution in [0.3, 0.4) is 0 Å². The number of aliphatic imine (C=N–C) groups is 1. The first kappa shape index (κ1) is 20.5. The Labute approximate surface area is 191 Å². The molecule has 1 unspecified atom stereocenters. The molecule has 4 N–H and O–H groups in total. The summed E-state index contributed by atoms with van der Waals surface area (Å²) in [4.78, 5) is 22.6. The lowest BCUT2D eigenvalue weighted by atomic mass is 9.89. The number of rotatable bonds is 4. The predicted octanol–water partition coefficient (Wildman–Crippen LogP) is 5.12. The van der Waals surface area contributed by atoms with Crippen molar-refractivity contribution in [2.75, 3.05) is 11.5 Å². The predicted molar refractivity (Wildman–Crippen MR) is 130 cm³/mol. The van der Waals surface area contributed by atoms with Crippen LogP contribution in [0.15, 0.2) is 90.1 Å². The van der Waals surface area contributed by atoms with Crippen LogP contribution in [0, 0.1) is 6.92 Å². The first-order chi connectivity index (χ1) is 16.0. The number of carbonyl (C=O) groups excluding carboxylic acids is 1. The van der Waals surface area contributed by atoms with Crippen LogP contribution in [0.25, 0.3) is 0 Å². The standard InChI is InChI=1S/C27H22N4O2/c1-16-15-21(33-20-10-8-19(29)9-11-20)12-13-22(16)26-25-23(3-2-14-30-25)27(32)24(31-26)17-4-6-18(28)7-5-17/h2-15,24H,28-29H2,1H3. The van der Waals surface area contributed by atoms with Gasteiger partial charge in [0.25, 0.3) is 0 Å². The molecule has 6 nitrogen and oxygen atoms in total. The van der Waals surface area contributed by atoms with E-state index in [0.29, 0.717) is 39.8 Å². The van der Waals surface area contributed by atoms with Crippen molar-refractivity contribution >= 4 is 22.9 Å². The van der Waals surface area contributed by atoms with E-state index in [1.54, 1.807) is 42.6 Å². The Hall–Kier alpha value is -4.45. The van der Waals surface area contributed by atoms with Gasteiger partial charge in [-0.3, -0.25) is 14.8 Å². The number of ether oxygens (including phenoxy) is 1. The molecule has 6 heteroatoms. The number of aromatic nitrogens is 1. The number of anilines is 2. The fourth-order valence-electron chi connectivity index (χ4n) is 3.93. The smallest absolute Gasteiger partial charge is 0.194 e. The SMILES string of the molecule is Cc1cc(Oc2ccc(N)cc2)ccc1C1=NC(c2ccc(N)cc2)C(=O)c2cccnc21. The number of carbonyl (C=O) groups is 1. The Morgan fingerprint density at radius 3 is 2.18 bits per heavy atom. The van der Waals surface area contributed by atoms with Crippen molar-refractivity contribution < 1.29 is 9.53 Å². The number of fused-ring (bicyclic) bond motifs is 1. The number of Topliss-reactive ketones (excluding diaryl/α,β-unsaturated/α-hetero) is 1. The number of pyridine rings is 1. The number of ketones is 1. The van der Waals surface area contributed by atoms with Crippen LogP contribution in [-0.2, 0) is 0 Å². The molecule has 2 heterocycles. The second-order valence-corrected chi connectivity index (χ2v) is 7.96. The number of benzene rings is 3. The van der Waals surface area contributed by atoms with Crippen molar-refractivity contribution in [3.63, 3.8) is 0 Å². The minimum Gasteiger partial charge on any atom is -0.457 e. The molecule has 1 aliphatic heterocycles. The Bertz CT molecular complexity index is 1380. The summed E-state index contributed by atoms with van der Waals surface area (Å²) in [6.07, 6.45) is 1.68. The van der Waals surface area contributed by atoms with Crippen molar-refractivity contribution in [2.45, 2.75) is 13.0 Å². The lowest BCUT2D eigenvalue weighted by Crippen LogP contribution is -2.25. The van der Waals surface area contributed by atoms with Crippen LogP contribution in [0.5, 0.6) is 11.5 Å². The van der Waals surface area contributed by atoms with Crippen LogP contribution in [0.2, 0.25) is 0 Å². The van der Waals surface area contributed by atoms with Crippen LogP contribution >= 0.6 is 0 Å². The Balaban J connectivity index is 1.55. The second kappa shape index (κ2) is 8.24. The minimum atomic E-state index is -0.651. The van der Waals surface area contributed by atoms with Gasteiger partial charge in [-0.05, 0) is 84.8 Å². The van der Waals surface area contributed by atoms with Gasteiger partial charge in [0.15, 0.2) is 5.78 Å². The van der Waals surface area contributed by atoms with Gasteiger partial charge < -0.3 is 16.2 Å². The lowest BCUT2D eigenvalue weighted by molar-refractivity contribution is 0.0959. The molecule has 0 saturated carbocycles. The maximum absolute atomic E-state index is 13.2. The van der Waals surface area contributed by atoms with E-state index in [1.165, 1.54) is 0 Å². The van der Waals surface area contributed by atoms with Crippen LogP contribution in [-0.4, -0.2) is 16.5 Å². The van der Waals surface area contributed by atoms with E-state index < -0.39 is 6.04 Å². The van der Waals surface area contributed by atoms with Gasteiger partial charge in [0.2, 0.25) is 0 Å². The van der Waals surface area contributed by atoms with E-state index >= 15 is 0 Å². The summed E-state index contributed by atoms with van der Waals surface area (Å²) >= 11 is 0. The molecule has 0 fully saturated rings. The van der Waals surface area contributed by atoms with Gasteiger partial charge in [-0.1, -0.05) is 12.1 Å². The average Bonchev–Trinajstić information content (AvgIpc) is 2.82. The quantitative estimate of drug-likeness (QED) is 0.434. The zero-order valence-electron chi connectivity index (χ0n) is 18.0. The summed E-state index contributed by atoms with van der Waals surface area (Å²) in [5.74, 6) is 1.32. The molecule has 1 aromatic heterocycles. The third kappa shape index (κ3) is 3.94. The van der Waals surface area contributed by atoms with E-state index in [9.17, 15) is 4.79 Å². The Morgan fingerprint density at radius 2 is 1.48 bits per heavy atom. The van der Waals surface area contributed by atoms with Gasteiger partial charge in [-0.25, -0.2) is 0 Å². The van der Waals surface area contributed by atoms with Crippen LogP contribution in [0.4, 0.5) is 11.4 Å². The van der Waals surface area contributed by atoms with Crippen molar-refractivity contribution in [1.29, 1.82) is 0 Å². The third-order valence-corrected chi connectivity index (χ3v) is 5.63. The Kier molecular flexibility index (Phi) is 5.11. The monoisotopic (exact) mass is 434 g/mol. The fraction of sp³-hybridized carbons (Fsp3) is 0.0741. The average molecular weight is 434 g/mol. The molecule has 0 radical (unpaired) electrons. The molecule has 4 aromatic rings. The summed E-state index contributed by atoms with van der Waals surface area (Å²) in [7, 11) is 0. The molecule has 0 aliphatic carbocycles. The van der Waals surface area contributed by atoms with Gasteiger partial charge in [0, 0.05) is 28.7 Å². The molecule has 162 valence electrons. The molecule has 1 atom stereocenters. The molecule has 0 saturated heterocycles. The van der Waals surface area contributed by atoms with E-state index in [2.05, 4.69) is 4.98 Å². The maximum Gasteiger partial charge on any atom is 0.194 e. The number of aryl methyl sites for hydroxylation is 1. The first-order valence-electron chi connectivity index (χ1n) is 10.6. The molecule has 1 aliphatic rings. The highest BCUT2D eigenvalue weighted by Gasteiger charge is 2.32. The summed E-state index contributed by atoms with van der Waals surface area (Å²) in [6, 6.07) is 23.2. The minimum absolute atomic E-state index is 0.0763. The van der Waals surface area contributed by atoms with Gasteiger partial charge in [-0.2, -0.15) is 0 Å². The molecule has 0 bridgehead atoms. The topological polar surface area (TPSA) is 104 Å². The highest BCUT2D eigenvalue weighted by atomic mass is 16.5. The van der Waals surface area contributed by atoms with Crippen molar-refractivity contribution in [2.24, 2.45) is 4.99 Å². The zero-order chi connectivity index (χ0) is 22.9. The van der Waals surface area contributed by atoms with Gasteiger partial charge >= 0.3 is 0 Å². The van der Waals surface area contributed by atoms with Gasteiger partial charge in [-0.15, -0.1) is 0 Å². The molecule has 0 spiro atoms. The molecular weight excluding hydrogens is 412 g/mol. The highest BCUT2D eigenvalue weighted by Crippen LogP contribution is 2.33. The molecule has 33 heavy (non-hydrogen) atoms. The summed E-state index contributed by atoms with van der Waals surface area (Å²) in [5.41, 5.74) is 17.4. The Morgan fingerprint density at radius 1 is 0.818 bits per heavy atom. The fourth-order valence-corrected chi connectivity index (χ4v) is 3.93. The third-order valence-electron chi connectivity index (χ3n) is 5.63. The van der Waals surface area contributed by atoms with Gasteiger partial charge in [0.05, 0.1) is 11.4 Å². The van der Waals surface area contributed by atoms with Crippen molar-refractivity contribution in [1.82, 2.24) is 4.98 Å². The summed E-state index contributed by atoms with van der Waals surface area (Å²) in [6.45, 7) is 1.99. The van der Waals surface area contributed by atoms with Crippen LogP contribution < -0.4 is 16.2 Å². The summed E-state index contributed by atoms with van der Waals surface area (Å²) < 4.78 is 5.97. The zero-order valence-corrected chi connectivity index (χ0v) is 18.0. The molecular formula is C27H22N4O2. The second-order valence-electron chi connectivity index (χ2n) is 7.96. The largest absolute Gasteiger partial charge is 0.457 e. The van der Waals surface area contributed by atoms with E-state index in [4.69, 9.17) is 21.2 Å². The van der Waals surface area contributed by atoms with Gasteiger partial charge in [0.1, 0.15) is 17.5 Å². The highest BCUT2D eigenvalue weighted by molar-refractivity contribution is 6.22. The lowest BCUT2D eigenvalue weighted by Gasteiger charge is -2.23. The molecule has 0 amide bonds. The number of nitrogens with zero attached hydrogens (tertiary/aromatic N) is 2. The van der Waals surface area contributed by atoms with Crippen molar-refractivity contribution in [3.05, 3.63) is 113 Å². The van der Waals surface area contributed by atoms with E-state index in [1.807, 2.05) is 49.4 Å². The van der Waals surface area contributed by atoms with Crippen molar-refractivity contribution in [3.8, 4) is 11.5 Å². The summed E-state index contributed by atoms with van der Waals surface area (Å²) in [5, 5.41) is 0. The first-order valence-corrected chi connectivity index (χ1v) is 10.6. The number of nitrogen functional groups attached to an aromatic ring is 2. The number of hydrogen-bond donors (Lipinski definition) is 2. The van der Waals surface area contributed by atoms with Crippen LogP contribution in [0.1, 0.15) is 38.8 Å². The molecule has 3 aromatic carbocycles. The number of nitrogens with two attached hydrogens (primary N) is 2.